The zero-order chi connectivity index (χ0) is 13.1. The van der Waals surface area contributed by atoms with E-state index in [-0.39, 0.29) is 11.9 Å². The fourth-order valence-electron chi connectivity index (χ4n) is 1.94. The minimum atomic E-state index is -0.418. The second-order valence-corrected chi connectivity index (χ2v) is 4.48. The number of halogens is 1. The van der Waals surface area contributed by atoms with Crippen molar-refractivity contribution >= 4 is 0 Å². The van der Waals surface area contributed by atoms with Crippen LogP contribution in [0.25, 0.3) is 0 Å². The summed E-state index contributed by atoms with van der Waals surface area (Å²) in [6.07, 6.45) is 0.800. The highest BCUT2D eigenvalue weighted by Crippen LogP contribution is 2.31. The van der Waals surface area contributed by atoms with Crippen molar-refractivity contribution in [1.29, 1.82) is 0 Å². The van der Waals surface area contributed by atoms with Crippen molar-refractivity contribution in [3.05, 3.63) is 35.1 Å². The Balaban J connectivity index is 3.13. The second-order valence-electron chi connectivity index (χ2n) is 4.48. The van der Waals surface area contributed by atoms with E-state index < -0.39 is 5.60 Å². The van der Waals surface area contributed by atoms with Crippen LogP contribution < -0.4 is 11.3 Å². The van der Waals surface area contributed by atoms with Gasteiger partial charge in [-0.3, -0.25) is 11.3 Å². The lowest BCUT2D eigenvalue weighted by molar-refractivity contribution is -0.0300. The molecule has 3 nitrogen and oxygen atoms in total. The Bertz CT molecular complexity index is 378. The van der Waals surface area contributed by atoms with Gasteiger partial charge in [-0.1, -0.05) is 19.1 Å². The molecule has 1 rings (SSSR count). The molecule has 1 aromatic rings. The third kappa shape index (κ3) is 2.83. The van der Waals surface area contributed by atoms with Gasteiger partial charge in [0.15, 0.2) is 0 Å². The molecule has 0 aliphatic carbocycles. The van der Waals surface area contributed by atoms with Crippen LogP contribution in [0.1, 0.15) is 37.4 Å². The first-order valence-electron chi connectivity index (χ1n) is 5.75. The summed E-state index contributed by atoms with van der Waals surface area (Å²) in [7, 11) is 1.66. The van der Waals surface area contributed by atoms with Gasteiger partial charge >= 0.3 is 0 Å². The van der Waals surface area contributed by atoms with E-state index in [9.17, 15) is 4.39 Å². The largest absolute Gasteiger partial charge is 0.376 e. The van der Waals surface area contributed by atoms with Crippen LogP contribution in [0.5, 0.6) is 0 Å². The van der Waals surface area contributed by atoms with Crippen molar-refractivity contribution in [2.45, 2.75) is 38.8 Å². The Morgan fingerprint density at radius 3 is 2.59 bits per heavy atom. The number of hydrogen-bond donors (Lipinski definition) is 2. The summed E-state index contributed by atoms with van der Waals surface area (Å²) >= 11 is 0. The van der Waals surface area contributed by atoms with E-state index in [1.54, 1.807) is 26.2 Å². The van der Waals surface area contributed by atoms with Crippen LogP contribution >= 0.6 is 0 Å². The van der Waals surface area contributed by atoms with Crippen LogP contribution in [0.15, 0.2) is 18.2 Å². The summed E-state index contributed by atoms with van der Waals surface area (Å²) in [4.78, 5) is 0. The number of methoxy groups -OCH3 is 1. The number of nitrogens with two attached hydrogens (primary N) is 1. The average Bonchev–Trinajstić information content (AvgIpc) is 2.34. The van der Waals surface area contributed by atoms with Gasteiger partial charge in [0, 0.05) is 7.11 Å². The van der Waals surface area contributed by atoms with E-state index in [1.807, 2.05) is 13.8 Å². The van der Waals surface area contributed by atoms with Crippen LogP contribution in [-0.4, -0.2) is 12.7 Å². The monoisotopic (exact) mass is 240 g/mol. The van der Waals surface area contributed by atoms with Gasteiger partial charge in [0.25, 0.3) is 0 Å². The third-order valence-corrected chi connectivity index (χ3v) is 3.46. The minimum Gasteiger partial charge on any atom is -0.376 e. The second kappa shape index (κ2) is 5.58. The van der Waals surface area contributed by atoms with Crippen molar-refractivity contribution in [2.24, 2.45) is 5.84 Å². The molecular weight excluding hydrogens is 219 g/mol. The maximum atomic E-state index is 13.2. The first kappa shape index (κ1) is 14.1. The van der Waals surface area contributed by atoms with Gasteiger partial charge in [0.1, 0.15) is 5.82 Å². The van der Waals surface area contributed by atoms with E-state index in [1.165, 1.54) is 6.07 Å². The number of ether oxygens (including phenoxy) is 1. The Kier molecular flexibility index (Phi) is 4.62. The van der Waals surface area contributed by atoms with E-state index in [0.29, 0.717) is 5.56 Å². The quantitative estimate of drug-likeness (QED) is 0.614. The standard InChI is InChI=1S/C13H21FN2O/c1-5-13(3,17-4)12(16-15)10-6-7-11(14)9(2)8-10/h6-8,12,16H,5,15H2,1-4H3. The Labute approximate surface area is 102 Å². The molecule has 0 fully saturated rings. The first-order chi connectivity index (χ1) is 7.98. The molecule has 3 N–H and O–H groups in total. The third-order valence-electron chi connectivity index (χ3n) is 3.46. The van der Waals surface area contributed by atoms with Crippen molar-refractivity contribution in [2.75, 3.05) is 7.11 Å². The van der Waals surface area contributed by atoms with Crippen molar-refractivity contribution in [1.82, 2.24) is 5.43 Å². The normalized spacial score (nSPS) is 16.6. The van der Waals surface area contributed by atoms with Crippen molar-refractivity contribution in [3.8, 4) is 0 Å². The van der Waals surface area contributed by atoms with Crippen LogP contribution in [0, 0.1) is 12.7 Å². The molecule has 0 radical (unpaired) electrons. The van der Waals surface area contributed by atoms with Gasteiger partial charge < -0.3 is 4.74 Å². The topological polar surface area (TPSA) is 47.3 Å². The van der Waals surface area contributed by atoms with Gasteiger partial charge in [0.05, 0.1) is 11.6 Å². The predicted molar refractivity (Wildman–Crippen MR) is 66.9 cm³/mol. The SMILES string of the molecule is CCC(C)(OC)C(NN)c1ccc(F)c(C)c1. The number of hydrazine groups is 1. The average molecular weight is 240 g/mol. The van der Waals surface area contributed by atoms with Crippen LogP contribution in [-0.2, 0) is 4.74 Å². The summed E-state index contributed by atoms with van der Waals surface area (Å²) in [5.74, 6) is 5.40. The first-order valence-corrected chi connectivity index (χ1v) is 5.75. The highest BCUT2D eigenvalue weighted by molar-refractivity contribution is 5.28. The van der Waals surface area contributed by atoms with Gasteiger partial charge in [-0.15, -0.1) is 0 Å². The number of nitrogens with one attached hydrogen (secondary N) is 1. The molecule has 0 aromatic heterocycles. The molecule has 0 aliphatic rings. The molecule has 96 valence electrons. The number of aryl methyl sites for hydroxylation is 1. The lowest BCUT2D eigenvalue weighted by Crippen LogP contribution is -2.45. The van der Waals surface area contributed by atoms with Gasteiger partial charge in [-0.2, -0.15) is 0 Å². The zero-order valence-electron chi connectivity index (χ0n) is 10.9. The lowest BCUT2D eigenvalue weighted by atomic mass is 9.87. The zero-order valence-corrected chi connectivity index (χ0v) is 10.9. The predicted octanol–water partition coefficient (Wildman–Crippen LogP) is 2.45. The number of benzene rings is 1. The molecule has 0 amide bonds. The van der Waals surface area contributed by atoms with E-state index in [0.717, 1.165) is 12.0 Å². The minimum absolute atomic E-state index is 0.170. The maximum Gasteiger partial charge on any atom is 0.126 e. The van der Waals surface area contributed by atoms with E-state index in [4.69, 9.17) is 10.6 Å². The van der Waals surface area contributed by atoms with E-state index >= 15 is 0 Å². The summed E-state index contributed by atoms with van der Waals surface area (Å²) in [6, 6.07) is 4.82. The molecule has 0 saturated carbocycles. The summed E-state index contributed by atoms with van der Waals surface area (Å²) < 4.78 is 18.8. The molecule has 2 atom stereocenters. The lowest BCUT2D eigenvalue weighted by Gasteiger charge is -2.35. The number of hydrogen-bond acceptors (Lipinski definition) is 3. The number of rotatable bonds is 5. The van der Waals surface area contributed by atoms with Crippen molar-refractivity contribution < 1.29 is 9.13 Å². The molecular formula is C13H21FN2O. The molecule has 17 heavy (non-hydrogen) atoms. The summed E-state index contributed by atoms with van der Waals surface area (Å²) in [6.45, 7) is 5.75. The van der Waals surface area contributed by atoms with Gasteiger partial charge in [-0.25, -0.2) is 4.39 Å². The Morgan fingerprint density at radius 1 is 1.53 bits per heavy atom. The van der Waals surface area contributed by atoms with Gasteiger partial charge in [0.2, 0.25) is 0 Å². The molecule has 0 saturated heterocycles. The summed E-state index contributed by atoms with van der Waals surface area (Å²) in [5, 5.41) is 0. The van der Waals surface area contributed by atoms with Crippen LogP contribution in [0.2, 0.25) is 0 Å². The van der Waals surface area contributed by atoms with Crippen LogP contribution in [0.4, 0.5) is 4.39 Å². The highest BCUT2D eigenvalue weighted by Gasteiger charge is 2.33. The molecule has 2 unspecified atom stereocenters. The fourth-order valence-corrected chi connectivity index (χ4v) is 1.94. The molecule has 0 heterocycles. The van der Waals surface area contributed by atoms with Gasteiger partial charge in [-0.05, 0) is 37.5 Å². The molecule has 0 spiro atoms. The van der Waals surface area contributed by atoms with Crippen LogP contribution in [0.3, 0.4) is 0 Å². The smallest absolute Gasteiger partial charge is 0.126 e. The van der Waals surface area contributed by atoms with E-state index in [2.05, 4.69) is 5.43 Å². The molecule has 1 aromatic carbocycles. The molecule has 0 bridgehead atoms. The Hall–Kier alpha value is -0.970. The fraction of sp³-hybridized carbons (Fsp3) is 0.538. The summed E-state index contributed by atoms with van der Waals surface area (Å²) in [5.41, 5.74) is 3.88. The molecule has 0 aliphatic heterocycles. The van der Waals surface area contributed by atoms with Crippen molar-refractivity contribution in [3.63, 3.8) is 0 Å². The molecule has 4 heteroatoms. The highest BCUT2D eigenvalue weighted by atomic mass is 19.1. The Morgan fingerprint density at radius 2 is 2.18 bits per heavy atom. The maximum absolute atomic E-state index is 13.2.